The van der Waals surface area contributed by atoms with E-state index in [0.717, 1.165) is 69.1 Å². The van der Waals surface area contributed by atoms with E-state index in [1.807, 2.05) is 24.3 Å². The molecule has 0 radical (unpaired) electrons. The van der Waals surface area contributed by atoms with Crippen LogP contribution in [0.3, 0.4) is 0 Å². The van der Waals surface area contributed by atoms with Crippen molar-refractivity contribution in [1.29, 1.82) is 0 Å². The number of hydrogen-bond acceptors (Lipinski definition) is 21. The maximum Gasteiger partial charge on any atom is 0.247 e. The highest BCUT2D eigenvalue weighted by Gasteiger charge is 2.47. The van der Waals surface area contributed by atoms with Gasteiger partial charge in [0.2, 0.25) is 17.2 Å². The molecule has 0 amide bonds. The van der Waals surface area contributed by atoms with Crippen LogP contribution in [-0.2, 0) is 0 Å². The van der Waals surface area contributed by atoms with Crippen molar-refractivity contribution in [1.82, 2.24) is 66.8 Å². The number of aromatic nitrogens is 9. The molecular weight excluding hydrogens is 1170 g/mol. The lowest BCUT2D eigenvalue weighted by molar-refractivity contribution is 0.152. The van der Waals surface area contributed by atoms with Crippen LogP contribution >= 0.6 is 27.5 Å². The van der Waals surface area contributed by atoms with E-state index in [1.165, 1.54) is 113 Å². The molecule has 86 heavy (non-hydrogen) atoms. The summed E-state index contributed by atoms with van der Waals surface area (Å²) in [4.78, 5) is 16.7. The van der Waals surface area contributed by atoms with Crippen LogP contribution in [0.2, 0.25) is 5.28 Å². The highest BCUT2D eigenvalue weighted by molar-refractivity contribution is 9.10. The van der Waals surface area contributed by atoms with Gasteiger partial charge in [0.25, 0.3) is 0 Å². The second-order valence-corrected chi connectivity index (χ2v) is 25.3. The lowest BCUT2D eigenvalue weighted by Gasteiger charge is -2.44. The summed E-state index contributed by atoms with van der Waals surface area (Å²) < 4.78 is 16.3. The van der Waals surface area contributed by atoms with E-state index in [1.54, 1.807) is 21.3 Å². The summed E-state index contributed by atoms with van der Waals surface area (Å²) in [6.45, 7) is 13.0. The van der Waals surface area contributed by atoms with Crippen LogP contribution < -0.4 is 62.5 Å². The van der Waals surface area contributed by atoms with Crippen molar-refractivity contribution in [3.05, 3.63) is 112 Å². The second kappa shape index (κ2) is 30.1. The van der Waals surface area contributed by atoms with Crippen molar-refractivity contribution < 1.29 is 14.2 Å². The van der Waals surface area contributed by atoms with Crippen molar-refractivity contribution in [2.75, 3.05) is 87.6 Å². The zero-order valence-electron chi connectivity index (χ0n) is 51.0. The number of rotatable bonds is 14. The number of anilines is 5. The molecule has 3 saturated carbocycles. The van der Waals surface area contributed by atoms with E-state index >= 15 is 0 Å². The van der Waals surface area contributed by atoms with Gasteiger partial charge in [-0.2, -0.15) is 25.1 Å². The normalized spacial score (nSPS) is 21.9. The third-order valence-corrected chi connectivity index (χ3v) is 20.1. The number of nitrogens with zero attached hydrogens (tertiary/aromatic N) is 11. The Morgan fingerprint density at radius 2 is 0.884 bits per heavy atom. The van der Waals surface area contributed by atoms with Crippen LogP contribution in [0.1, 0.15) is 152 Å². The lowest BCUT2D eigenvalue weighted by atomic mass is 9.73. The monoisotopic (exact) mass is 1260 g/mol. The fourth-order valence-electron chi connectivity index (χ4n) is 14.3. The van der Waals surface area contributed by atoms with Crippen molar-refractivity contribution in [3.63, 3.8) is 0 Å². The van der Waals surface area contributed by atoms with Crippen LogP contribution in [0.4, 0.5) is 29.4 Å². The number of hydrogen-bond donors (Lipinski definition) is 7. The first-order valence-corrected chi connectivity index (χ1v) is 31.9. The van der Waals surface area contributed by atoms with E-state index < -0.39 is 0 Å². The Labute approximate surface area is 521 Å². The summed E-state index contributed by atoms with van der Waals surface area (Å²) in [5.41, 5.74) is 22.0. The van der Waals surface area contributed by atoms with Crippen LogP contribution in [0.5, 0.6) is 17.2 Å². The van der Waals surface area contributed by atoms with Gasteiger partial charge in [-0.15, -0.1) is 20.4 Å². The number of nitrogens with one attached hydrogen (secondary N) is 4. The van der Waals surface area contributed by atoms with E-state index in [9.17, 15) is 0 Å². The fraction of sp³-hybridized carbons (Fsp3) is 0.571. The molecule has 3 aliphatic heterocycles. The van der Waals surface area contributed by atoms with Crippen LogP contribution in [0.25, 0.3) is 0 Å². The first-order chi connectivity index (χ1) is 41.6. The molecule has 10 N–H and O–H groups in total. The molecule has 6 heterocycles. The topological polar surface area (TPSA) is 276 Å². The first-order valence-electron chi connectivity index (χ1n) is 30.7. The molecule has 3 aromatic heterocycles. The van der Waals surface area contributed by atoms with E-state index in [2.05, 4.69) is 162 Å². The van der Waals surface area contributed by atoms with Crippen molar-refractivity contribution in [3.8, 4) is 17.2 Å². The minimum absolute atomic E-state index is 0.0741. The minimum Gasteiger partial charge on any atom is -0.497 e. The molecule has 12 rings (SSSR count). The molecule has 6 aromatic rings. The van der Waals surface area contributed by atoms with Crippen molar-refractivity contribution in [2.24, 2.45) is 16.2 Å². The molecule has 3 aromatic carbocycles. The molecule has 6 fully saturated rings. The van der Waals surface area contributed by atoms with Gasteiger partial charge in [-0.3, -0.25) is 0 Å². The Morgan fingerprint density at radius 3 is 1.23 bits per heavy atom. The average molecular weight is 1260 g/mol. The number of benzene rings is 3. The van der Waals surface area contributed by atoms with Gasteiger partial charge in [0, 0.05) is 62.4 Å². The third kappa shape index (κ3) is 16.3. The number of piperidine rings is 3. The second-order valence-electron chi connectivity index (χ2n) is 24.2. The standard InChI is InChI=1S/C21H29BrN6O.C21H30N6O.C18H28N2O.C3H3ClN4/c1-14(15-5-7-16(29-2)8-6-15)24-17-4-3-9-21(17)10-12-28(13-11-21)20-25-19(23)18(22)26-27-20;1-15(16-5-7-17(28-2)8-6-16)24-18-4-3-9-21(18)10-12-27(13-11-21)20-25-19(22)14-23-26-20;1-14(15-5-7-16(21-2)8-6-15)20-17-4-3-9-18(17)10-12-19-13-11-18;4-3-7-2(5)1-6-8-3/h5-8,14,17,24H,3-4,9-13H2,1-2H3,(H2,23,25,27);5-8,14-15,18,24H,3-4,9-13H2,1-2H3,(H2,22,25,26);5-8,14,17,19-20H,3-4,9-13H2,1-2H3;1H,(H2,5,7,8)/t14-,17-;15-,18-;14-,17-;/m111./s1. The Balaban J connectivity index is 0.000000146. The summed E-state index contributed by atoms with van der Waals surface area (Å²) in [5, 5.41) is 38.5. The largest absolute Gasteiger partial charge is 0.497 e. The Hall–Kier alpha value is -6.30. The van der Waals surface area contributed by atoms with E-state index in [0.29, 0.717) is 80.6 Å². The number of ether oxygens (including phenoxy) is 3. The van der Waals surface area contributed by atoms with Gasteiger partial charge >= 0.3 is 0 Å². The van der Waals surface area contributed by atoms with Crippen molar-refractivity contribution in [2.45, 2.75) is 153 Å². The highest BCUT2D eigenvalue weighted by Crippen LogP contribution is 2.50. The Morgan fingerprint density at radius 1 is 0.512 bits per heavy atom. The summed E-state index contributed by atoms with van der Waals surface area (Å²) >= 11 is 8.55. The minimum atomic E-state index is 0.0741. The Bertz CT molecular complexity index is 3020. The van der Waals surface area contributed by atoms with E-state index in [4.69, 9.17) is 43.0 Å². The molecule has 3 spiro atoms. The summed E-state index contributed by atoms with van der Waals surface area (Å²) in [7, 11) is 5.13. The lowest BCUT2D eigenvalue weighted by Crippen LogP contribution is -2.49. The third-order valence-electron chi connectivity index (χ3n) is 19.4. The summed E-state index contributed by atoms with van der Waals surface area (Å²) in [6.07, 6.45) is 21.8. The predicted molar refractivity (Wildman–Crippen MR) is 344 cm³/mol. The Kier molecular flexibility index (Phi) is 22.4. The summed E-state index contributed by atoms with van der Waals surface area (Å²) in [5.74, 6) is 5.13. The smallest absolute Gasteiger partial charge is 0.247 e. The van der Waals surface area contributed by atoms with Gasteiger partial charge < -0.3 is 62.5 Å². The molecule has 3 saturated heterocycles. The summed E-state index contributed by atoms with van der Waals surface area (Å²) in [6, 6.07) is 28.1. The highest BCUT2D eigenvalue weighted by atomic mass is 79.9. The van der Waals surface area contributed by atoms with Gasteiger partial charge in [-0.1, -0.05) is 55.7 Å². The van der Waals surface area contributed by atoms with Crippen LogP contribution in [0.15, 0.2) is 89.8 Å². The molecule has 23 heteroatoms. The maximum atomic E-state index is 5.89. The zero-order chi connectivity index (χ0) is 60.7. The molecule has 0 bridgehead atoms. The van der Waals surface area contributed by atoms with Crippen molar-refractivity contribution >= 4 is 56.9 Å². The SMILES string of the molecule is COc1ccc([C@@H](C)N[C@@H]2CCCC23CCN(c2nnc(Br)c(N)n2)CC3)cc1.COc1ccc([C@@H](C)N[C@@H]2CCCC23CCN(c2nncc(N)n2)CC3)cc1.COc1ccc([C@@H](C)N[C@@H]2CCCC23CCNCC3)cc1.Nc1cnnc(Cl)n1. The number of halogens is 2. The van der Waals surface area contributed by atoms with E-state index in [-0.39, 0.29) is 11.1 Å². The van der Waals surface area contributed by atoms with Gasteiger partial charge in [-0.05, 0) is 208 Å². The van der Waals surface area contributed by atoms with Gasteiger partial charge in [0.05, 0.1) is 33.7 Å². The van der Waals surface area contributed by atoms with Crippen LogP contribution in [-0.4, -0.2) is 124 Å². The molecule has 464 valence electrons. The van der Waals surface area contributed by atoms with Gasteiger partial charge in [0.1, 0.15) is 28.9 Å². The zero-order valence-corrected chi connectivity index (χ0v) is 53.4. The molecule has 0 unspecified atom stereocenters. The van der Waals surface area contributed by atoms with Crippen LogP contribution in [0, 0.1) is 16.2 Å². The fourth-order valence-corrected chi connectivity index (χ4v) is 14.6. The molecule has 6 atom stereocenters. The molecule has 3 aliphatic carbocycles. The average Bonchev–Trinajstić information content (AvgIpc) is 2.26. The predicted octanol–water partition coefficient (Wildman–Crippen LogP) is 10.0. The number of nitrogens with two attached hydrogens (primary N) is 3. The first kappa shape index (κ1) is 64.2. The maximum absolute atomic E-state index is 5.89. The van der Waals surface area contributed by atoms with Gasteiger partial charge in [0.15, 0.2) is 10.4 Å². The van der Waals surface area contributed by atoms with Gasteiger partial charge in [-0.25, -0.2) is 0 Å². The quantitative estimate of drug-likeness (QED) is 0.0534. The number of nitrogen functional groups attached to an aromatic ring is 3. The molecular formula is C63H90BrClN18O3. The molecule has 21 nitrogen and oxygen atoms in total. The number of methoxy groups -OCH3 is 3. The molecule has 6 aliphatic rings.